The van der Waals surface area contributed by atoms with Gasteiger partial charge in [-0.1, -0.05) is 18.2 Å². The molecule has 27 heavy (non-hydrogen) atoms. The lowest BCUT2D eigenvalue weighted by atomic mass is 10.3. The van der Waals surface area contributed by atoms with Gasteiger partial charge in [-0.25, -0.2) is 4.79 Å². The molecule has 0 aliphatic rings. The summed E-state index contributed by atoms with van der Waals surface area (Å²) < 4.78 is 0. The smallest absolute Gasteiger partial charge is 0.323 e. The highest BCUT2D eigenvalue weighted by Gasteiger charge is 2.05. The molecule has 3 amide bonds. The minimum absolute atomic E-state index is 0.0874. The number of hydrogen-bond donors (Lipinski definition) is 3. The quantitative estimate of drug-likeness (QED) is 0.553. The second-order valence-electron chi connectivity index (χ2n) is 5.54. The molecule has 1 aromatic heterocycles. The first-order valence-electron chi connectivity index (χ1n) is 8.25. The van der Waals surface area contributed by atoms with Gasteiger partial charge in [-0.2, -0.15) is 0 Å². The summed E-state index contributed by atoms with van der Waals surface area (Å²) in [5.74, 6) is 0.208. The normalized spacial score (nSPS) is 10.1. The van der Waals surface area contributed by atoms with E-state index in [9.17, 15) is 9.59 Å². The molecule has 6 nitrogen and oxygen atoms in total. The van der Waals surface area contributed by atoms with Crippen molar-refractivity contribution < 1.29 is 9.59 Å². The molecular formula is C20H18N4O2S. The van der Waals surface area contributed by atoms with E-state index < -0.39 is 0 Å². The van der Waals surface area contributed by atoms with E-state index in [2.05, 4.69) is 20.9 Å². The molecule has 3 aromatic rings. The van der Waals surface area contributed by atoms with Crippen molar-refractivity contribution in [3.05, 3.63) is 79.1 Å². The third kappa shape index (κ3) is 6.16. The van der Waals surface area contributed by atoms with E-state index in [4.69, 9.17) is 0 Å². The lowest BCUT2D eigenvalue weighted by Gasteiger charge is -2.08. The Bertz CT molecular complexity index is 887. The summed E-state index contributed by atoms with van der Waals surface area (Å²) >= 11 is 1.42. The van der Waals surface area contributed by atoms with Crippen LogP contribution in [0.3, 0.4) is 0 Å². The first-order valence-corrected chi connectivity index (χ1v) is 9.23. The van der Waals surface area contributed by atoms with Crippen molar-refractivity contribution in [1.29, 1.82) is 0 Å². The zero-order chi connectivity index (χ0) is 18.9. The van der Waals surface area contributed by atoms with E-state index in [0.29, 0.717) is 11.4 Å². The van der Waals surface area contributed by atoms with Crippen LogP contribution in [0.1, 0.15) is 0 Å². The van der Waals surface area contributed by atoms with Gasteiger partial charge in [0.05, 0.1) is 5.75 Å². The molecule has 0 aliphatic heterocycles. The Morgan fingerprint density at radius 2 is 1.33 bits per heavy atom. The third-order valence-corrected chi connectivity index (χ3v) is 4.49. The summed E-state index contributed by atoms with van der Waals surface area (Å²) in [6.45, 7) is 0. The van der Waals surface area contributed by atoms with E-state index >= 15 is 0 Å². The van der Waals surface area contributed by atoms with E-state index in [1.54, 1.807) is 36.7 Å². The molecule has 0 spiro atoms. The number of nitrogens with one attached hydrogen (secondary N) is 3. The first kappa shape index (κ1) is 18.5. The van der Waals surface area contributed by atoms with Gasteiger partial charge in [-0.05, 0) is 48.5 Å². The molecule has 2 aromatic carbocycles. The van der Waals surface area contributed by atoms with Crippen molar-refractivity contribution in [2.75, 3.05) is 21.7 Å². The van der Waals surface area contributed by atoms with Crippen LogP contribution in [0, 0.1) is 0 Å². The lowest BCUT2D eigenvalue weighted by molar-refractivity contribution is -0.113. The molecule has 3 rings (SSSR count). The Kier molecular flexibility index (Phi) is 6.43. The largest absolute Gasteiger partial charge is 0.325 e. The number of anilines is 3. The Hall–Kier alpha value is -3.32. The minimum atomic E-state index is -0.307. The maximum Gasteiger partial charge on any atom is 0.323 e. The van der Waals surface area contributed by atoms with E-state index in [1.165, 1.54) is 11.8 Å². The Morgan fingerprint density at radius 3 is 2.00 bits per heavy atom. The molecule has 7 heteroatoms. The van der Waals surface area contributed by atoms with Gasteiger partial charge in [0.15, 0.2) is 0 Å². The molecule has 0 aliphatic carbocycles. The van der Waals surface area contributed by atoms with Crippen LogP contribution in [0.4, 0.5) is 21.9 Å². The van der Waals surface area contributed by atoms with E-state index in [0.717, 1.165) is 16.3 Å². The summed E-state index contributed by atoms with van der Waals surface area (Å²) in [4.78, 5) is 28.8. The molecule has 0 bridgehead atoms. The molecule has 1 heterocycles. The van der Waals surface area contributed by atoms with E-state index in [1.807, 2.05) is 42.5 Å². The Balaban J connectivity index is 1.45. The number of nitrogens with zero attached hydrogens (tertiary/aromatic N) is 1. The number of para-hydroxylation sites is 1. The summed E-state index contributed by atoms with van der Waals surface area (Å²) in [6.07, 6.45) is 3.25. The maximum atomic E-state index is 12.0. The average molecular weight is 378 g/mol. The number of hydrogen-bond acceptors (Lipinski definition) is 4. The number of thioether (sulfide) groups is 1. The Morgan fingerprint density at radius 1 is 0.741 bits per heavy atom. The molecule has 3 N–H and O–H groups in total. The van der Waals surface area contributed by atoms with Crippen LogP contribution in [0.5, 0.6) is 0 Å². The zero-order valence-corrected chi connectivity index (χ0v) is 15.2. The maximum absolute atomic E-state index is 12.0. The number of rotatable bonds is 6. The third-order valence-electron chi connectivity index (χ3n) is 3.48. The van der Waals surface area contributed by atoms with Crippen LogP contribution in [0.2, 0.25) is 0 Å². The van der Waals surface area contributed by atoms with Crippen LogP contribution >= 0.6 is 11.8 Å². The van der Waals surface area contributed by atoms with Crippen molar-refractivity contribution in [1.82, 2.24) is 4.98 Å². The number of amides is 3. The fourth-order valence-corrected chi connectivity index (χ4v) is 2.93. The number of urea groups is 1. The number of pyridine rings is 1. The van der Waals surface area contributed by atoms with Crippen LogP contribution < -0.4 is 16.0 Å². The molecule has 0 atom stereocenters. The van der Waals surface area contributed by atoms with Crippen molar-refractivity contribution >= 4 is 40.8 Å². The number of carbonyl (C=O) groups excluding carboxylic acids is 2. The fourth-order valence-electron chi connectivity index (χ4n) is 2.23. The van der Waals surface area contributed by atoms with Gasteiger partial charge in [0.25, 0.3) is 0 Å². The molecular weight excluding hydrogens is 360 g/mol. The molecule has 0 saturated carbocycles. The predicted octanol–water partition coefficient (Wildman–Crippen LogP) is 4.46. The van der Waals surface area contributed by atoms with Crippen molar-refractivity contribution in [3.63, 3.8) is 0 Å². The average Bonchev–Trinajstić information content (AvgIpc) is 2.69. The van der Waals surface area contributed by atoms with Crippen LogP contribution in [-0.2, 0) is 4.79 Å². The van der Waals surface area contributed by atoms with Gasteiger partial charge in [-0.3, -0.25) is 9.78 Å². The van der Waals surface area contributed by atoms with E-state index in [-0.39, 0.29) is 11.9 Å². The summed E-state index contributed by atoms with van der Waals surface area (Å²) in [5.41, 5.74) is 2.12. The number of carbonyl (C=O) groups is 2. The van der Waals surface area contributed by atoms with Crippen molar-refractivity contribution in [2.45, 2.75) is 4.90 Å². The highest BCUT2D eigenvalue weighted by atomic mass is 32.2. The zero-order valence-electron chi connectivity index (χ0n) is 14.4. The lowest BCUT2D eigenvalue weighted by Crippen LogP contribution is -2.19. The summed E-state index contributed by atoms with van der Waals surface area (Å²) in [7, 11) is 0. The van der Waals surface area contributed by atoms with Gasteiger partial charge < -0.3 is 16.0 Å². The monoisotopic (exact) mass is 378 g/mol. The molecule has 0 fully saturated rings. The Labute approximate surface area is 161 Å². The van der Waals surface area contributed by atoms with Gasteiger partial charge >= 0.3 is 6.03 Å². The molecule has 136 valence electrons. The standard InChI is InChI=1S/C20H18N4O2S/c25-19(22-17-10-12-21-13-11-17)14-27-18-8-6-16(7-9-18)24-20(26)23-15-4-2-1-3-5-15/h1-13H,14H2,(H,21,22,25)(H2,23,24,26). The second-order valence-corrected chi connectivity index (χ2v) is 6.59. The van der Waals surface area contributed by atoms with Crippen LogP contribution in [0.25, 0.3) is 0 Å². The topological polar surface area (TPSA) is 83.1 Å². The predicted molar refractivity (Wildman–Crippen MR) is 109 cm³/mol. The summed E-state index contributed by atoms with van der Waals surface area (Å²) in [6, 6.07) is 19.7. The number of benzene rings is 2. The molecule has 0 radical (unpaired) electrons. The van der Waals surface area contributed by atoms with Crippen molar-refractivity contribution in [2.24, 2.45) is 0 Å². The highest BCUT2D eigenvalue weighted by Crippen LogP contribution is 2.21. The van der Waals surface area contributed by atoms with Gasteiger partial charge in [0.2, 0.25) is 5.91 Å². The molecule has 0 unspecified atom stereocenters. The SMILES string of the molecule is O=C(CSc1ccc(NC(=O)Nc2ccccc2)cc1)Nc1ccncc1. The fraction of sp³-hybridized carbons (Fsp3) is 0.0500. The number of aromatic nitrogens is 1. The first-order chi connectivity index (χ1) is 13.2. The minimum Gasteiger partial charge on any atom is -0.325 e. The van der Waals surface area contributed by atoms with Crippen LogP contribution in [0.15, 0.2) is 84.0 Å². The van der Waals surface area contributed by atoms with Gasteiger partial charge in [0.1, 0.15) is 0 Å². The van der Waals surface area contributed by atoms with Crippen molar-refractivity contribution in [3.8, 4) is 0 Å². The second kappa shape index (κ2) is 9.40. The van der Waals surface area contributed by atoms with Crippen LogP contribution in [-0.4, -0.2) is 22.7 Å². The highest BCUT2D eigenvalue weighted by molar-refractivity contribution is 8.00. The summed E-state index contributed by atoms with van der Waals surface area (Å²) in [5, 5.41) is 8.33. The van der Waals surface area contributed by atoms with Gasteiger partial charge in [-0.15, -0.1) is 11.8 Å². The van der Waals surface area contributed by atoms with Gasteiger partial charge in [0, 0.05) is 34.4 Å². The molecule has 0 saturated heterocycles.